The highest BCUT2D eigenvalue weighted by Crippen LogP contribution is 2.29. The van der Waals surface area contributed by atoms with Gasteiger partial charge in [0.15, 0.2) is 0 Å². The molecule has 0 unspecified atom stereocenters. The average Bonchev–Trinajstić information content (AvgIpc) is 2.41. The van der Waals surface area contributed by atoms with Crippen LogP contribution in [0, 0.1) is 10.1 Å². The van der Waals surface area contributed by atoms with E-state index in [9.17, 15) is 23.3 Å². The molecule has 1 aromatic carbocycles. The van der Waals surface area contributed by atoms with Crippen molar-refractivity contribution in [1.82, 2.24) is 0 Å². The molecule has 0 radical (unpaired) electrons. The van der Waals surface area contributed by atoms with Crippen molar-refractivity contribution >= 4 is 17.1 Å². The number of hydrogen-bond donors (Lipinski definition) is 1. The molecule has 0 aromatic heterocycles. The Hall–Kier alpha value is -1.99. The molecule has 0 spiro atoms. The van der Waals surface area contributed by atoms with E-state index in [0.29, 0.717) is 12.2 Å². The standard InChI is InChI=1S/C13H18F3N3O2/c1-3-5-17-10-6-11(8-12(7-10)19(20)21)18(4-2)9-13(14,15)16/h6-8,17H,3-5,9H2,1-2H3. The number of hydrogen-bond acceptors (Lipinski definition) is 4. The summed E-state index contributed by atoms with van der Waals surface area (Å²) in [6, 6.07) is 3.98. The lowest BCUT2D eigenvalue weighted by Gasteiger charge is -2.24. The molecule has 1 rings (SSSR count). The zero-order valence-corrected chi connectivity index (χ0v) is 11.9. The van der Waals surface area contributed by atoms with E-state index in [4.69, 9.17) is 0 Å². The average molecular weight is 305 g/mol. The van der Waals surface area contributed by atoms with Gasteiger partial charge in [0.25, 0.3) is 5.69 Å². The zero-order valence-electron chi connectivity index (χ0n) is 11.9. The number of nitro groups is 1. The van der Waals surface area contributed by atoms with E-state index in [1.165, 1.54) is 12.1 Å². The second-order valence-corrected chi connectivity index (χ2v) is 4.55. The first-order chi connectivity index (χ1) is 9.76. The normalized spacial score (nSPS) is 11.3. The van der Waals surface area contributed by atoms with E-state index in [1.807, 2.05) is 6.92 Å². The van der Waals surface area contributed by atoms with E-state index >= 15 is 0 Å². The first-order valence-corrected chi connectivity index (χ1v) is 6.62. The molecule has 8 heteroatoms. The molecule has 0 fully saturated rings. The van der Waals surface area contributed by atoms with Crippen LogP contribution in [0.4, 0.5) is 30.2 Å². The number of rotatable bonds is 7. The van der Waals surface area contributed by atoms with Crippen molar-refractivity contribution in [1.29, 1.82) is 0 Å². The minimum atomic E-state index is -4.36. The van der Waals surface area contributed by atoms with Gasteiger partial charge in [-0.3, -0.25) is 10.1 Å². The fourth-order valence-electron chi connectivity index (χ4n) is 1.86. The second-order valence-electron chi connectivity index (χ2n) is 4.55. The second kappa shape index (κ2) is 7.14. The van der Waals surface area contributed by atoms with E-state index in [1.54, 1.807) is 6.92 Å². The number of nitro benzene ring substituents is 1. The largest absolute Gasteiger partial charge is 0.405 e. The first kappa shape index (κ1) is 17.1. The number of nitrogens with one attached hydrogen (secondary N) is 1. The van der Waals surface area contributed by atoms with Crippen molar-refractivity contribution in [2.24, 2.45) is 0 Å². The highest BCUT2D eigenvalue weighted by molar-refractivity contribution is 5.64. The SMILES string of the molecule is CCCNc1cc(N(CC)CC(F)(F)F)cc([N+](=O)[O-])c1. The molecule has 0 saturated heterocycles. The van der Waals surface area contributed by atoms with Crippen LogP contribution in [0.3, 0.4) is 0 Å². The Morgan fingerprint density at radius 2 is 1.95 bits per heavy atom. The van der Waals surface area contributed by atoms with E-state index in [0.717, 1.165) is 17.4 Å². The molecule has 0 amide bonds. The van der Waals surface area contributed by atoms with Gasteiger partial charge in [0.1, 0.15) is 6.54 Å². The summed E-state index contributed by atoms with van der Waals surface area (Å²) in [5.41, 5.74) is 0.399. The molecule has 0 aliphatic heterocycles. The minimum Gasteiger partial charge on any atom is -0.385 e. The van der Waals surface area contributed by atoms with Crippen molar-refractivity contribution < 1.29 is 18.1 Å². The van der Waals surface area contributed by atoms with Gasteiger partial charge >= 0.3 is 6.18 Å². The lowest BCUT2D eigenvalue weighted by atomic mass is 10.2. The van der Waals surface area contributed by atoms with Gasteiger partial charge in [-0.05, 0) is 19.4 Å². The Morgan fingerprint density at radius 3 is 2.43 bits per heavy atom. The predicted molar refractivity (Wildman–Crippen MR) is 75.8 cm³/mol. The molecule has 0 atom stereocenters. The number of anilines is 2. The third-order valence-corrected chi connectivity index (χ3v) is 2.81. The summed E-state index contributed by atoms with van der Waals surface area (Å²) in [6.07, 6.45) is -3.56. The maximum atomic E-state index is 12.5. The van der Waals surface area contributed by atoms with Crippen molar-refractivity contribution in [2.75, 3.05) is 29.9 Å². The third-order valence-electron chi connectivity index (χ3n) is 2.81. The number of non-ortho nitro benzene ring substituents is 1. The summed E-state index contributed by atoms with van der Waals surface area (Å²) in [5.74, 6) is 0. The van der Waals surface area contributed by atoms with Crippen LogP contribution >= 0.6 is 0 Å². The molecule has 0 heterocycles. The summed E-state index contributed by atoms with van der Waals surface area (Å²) >= 11 is 0. The first-order valence-electron chi connectivity index (χ1n) is 6.62. The van der Waals surface area contributed by atoms with Crippen LogP contribution in [-0.4, -0.2) is 30.7 Å². The number of nitrogens with zero attached hydrogens (tertiary/aromatic N) is 2. The van der Waals surface area contributed by atoms with Crippen LogP contribution in [-0.2, 0) is 0 Å². The summed E-state index contributed by atoms with van der Waals surface area (Å²) in [5, 5.41) is 13.9. The number of alkyl halides is 3. The molecule has 1 aromatic rings. The fourth-order valence-corrected chi connectivity index (χ4v) is 1.86. The van der Waals surface area contributed by atoms with Crippen LogP contribution < -0.4 is 10.2 Å². The Balaban J connectivity index is 3.13. The molecule has 118 valence electrons. The van der Waals surface area contributed by atoms with Gasteiger partial charge in [-0.2, -0.15) is 13.2 Å². The van der Waals surface area contributed by atoms with Crippen molar-refractivity contribution in [3.63, 3.8) is 0 Å². The van der Waals surface area contributed by atoms with Gasteiger partial charge in [0.05, 0.1) is 4.92 Å². The van der Waals surface area contributed by atoms with E-state index < -0.39 is 17.6 Å². The monoisotopic (exact) mass is 305 g/mol. The van der Waals surface area contributed by atoms with Crippen molar-refractivity contribution in [3.05, 3.63) is 28.3 Å². The van der Waals surface area contributed by atoms with Crippen molar-refractivity contribution in [3.8, 4) is 0 Å². The summed E-state index contributed by atoms with van der Waals surface area (Å²) in [4.78, 5) is 11.4. The van der Waals surface area contributed by atoms with Gasteiger partial charge in [0.2, 0.25) is 0 Å². The lowest BCUT2D eigenvalue weighted by Crippen LogP contribution is -2.34. The number of benzene rings is 1. The van der Waals surface area contributed by atoms with Crippen LogP contribution in [0.25, 0.3) is 0 Å². The molecule has 0 bridgehead atoms. The van der Waals surface area contributed by atoms with Crippen LogP contribution in [0.15, 0.2) is 18.2 Å². The van der Waals surface area contributed by atoms with E-state index in [-0.39, 0.29) is 17.9 Å². The summed E-state index contributed by atoms with van der Waals surface area (Å²) in [6.45, 7) is 3.05. The quantitative estimate of drug-likeness (QED) is 0.615. The van der Waals surface area contributed by atoms with Crippen molar-refractivity contribution in [2.45, 2.75) is 26.4 Å². The van der Waals surface area contributed by atoms with Crippen LogP contribution in [0.5, 0.6) is 0 Å². The summed E-state index contributed by atoms with van der Waals surface area (Å²) in [7, 11) is 0. The molecular weight excluding hydrogens is 287 g/mol. The van der Waals surface area contributed by atoms with Crippen LogP contribution in [0.1, 0.15) is 20.3 Å². The minimum absolute atomic E-state index is 0.105. The Kier molecular flexibility index (Phi) is 5.80. The zero-order chi connectivity index (χ0) is 16.0. The molecule has 0 saturated carbocycles. The molecular formula is C13H18F3N3O2. The highest BCUT2D eigenvalue weighted by atomic mass is 19.4. The highest BCUT2D eigenvalue weighted by Gasteiger charge is 2.31. The molecule has 0 aliphatic rings. The third kappa shape index (κ3) is 5.49. The predicted octanol–water partition coefficient (Wildman–Crippen LogP) is 3.81. The number of halogens is 3. The smallest absolute Gasteiger partial charge is 0.385 e. The van der Waals surface area contributed by atoms with Crippen LogP contribution in [0.2, 0.25) is 0 Å². The van der Waals surface area contributed by atoms with Gasteiger partial charge in [0, 0.05) is 36.6 Å². The van der Waals surface area contributed by atoms with Gasteiger partial charge in [-0.1, -0.05) is 6.92 Å². The molecule has 1 N–H and O–H groups in total. The Bertz CT molecular complexity index is 492. The topological polar surface area (TPSA) is 58.4 Å². The molecule has 0 aliphatic carbocycles. The lowest BCUT2D eigenvalue weighted by molar-refractivity contribution is -0.384. The van der Waals surface area contributed by atoms with E-state index in [2.05, 4.69) is 5.32 Å². The maximum Gasteiger partial charge on any atom is 0.405 e. The molecule has 5 nitrogen and oxygen atoms in total. The maximum absolute atomic E-state index is 12.5. The summed E-state index contributed by atoms with van der Waals surface area (Å²) < 4.78 is 37.6. The molecule has 21 heavy (non-hydrogen) atoms. The Labute approximate surface area is 120 Å². The van der Waals surface area contributed by atoms with Gasteiger partial charge in [-0.25, -0.2) is 0 Å². The fraction of sp³-hybridized carbons (Fsp3) is 0.538. The van der Waals surface area contributed by atoms with Gasteiger partial charge < -0.3 is 10.2 Å². The Morgan fingerprint density at radius 1 is 1.29 bits per heavy atom. The van der Waals surface area contributed by atoms with Gasteiger partial charge in [-0.15, -0.1) is 0 Å².